The quantitative estimate of drug-likeness (QED) is 0.569. The molecule has 0 aliphatic carbocycles. The van der Waals surface area contributed by atoms with E-state index in [1.165, 1.54) is 0 Å². The zero-order chi connectivity index (χ0) is 14.0. The average Bonchev–Trinajstić information content (AvgIpc) is 2.42. The van der Waals surface area contributed by atoms with Crippen molar-refractivity contribution in [2.75, 3.05) is 12.4 Å². The fourth-order valence-electron chi connectivity index (χ4n) is 2.26. The number of nitrogens with one attached hydrogen (secondary N) is 3. The minimum absolute atomic E-state index is 0.238. The first kappa shape index (κ1) is 13.3. The number of amides is 2. The van der Waals surface area contributed by atoms with E-state index in [1.807, 2.05) is 24.3 Å². The smallest absolute Gasteiger partial charge is 0.238 e. The van der Waals surface area contributed by atoms with Crippen molar-refractivity contribution in [2.24, 2.45) is 5.41 Å². The standard InChI is InChI=1S/C14H17N3O2/c1-14(8-7-11(18)17-13(14)19)12(15)9-5-3-4-6-10(9)16-2/h3-6,15-16H,7-8H2,1-2H3,(H,17,18,19). The number of hydrogen-bond acceptors (Lipinski definition) is 4. The molecule has 0 spiro atoms. The molecule has 100 valence electrons. The Balaban J connectivity index is 2.38. The number of carbonyl (C=O) groups is 2. The van der Waals surface area contributed by atoms with Gasteiger partial charge >= 0.3 is 0 Å². The number of carbonyl (C=O) groups excluding carboxylic acids is 2. The summed E-state index contributed by atoms with van der Waals surface area (Å²) < 4.78 is 0. The summed E-state index contributed by atoms with van der Waals surface area (Å²) in [5, 5.41) is 13.7. The maximum absolute atomic E-state index is 12.0. The summed E-state index contributed by atoms with van der Waals surface area (Å²) in [7, 11) is 1.78. The predicted octanol–water partition coefficient (Wildman–Crippen LogP) is 1.54. The van der Waals surface area contributed by atoms with E-state index in [2.05, 4.69) is 10.6 Å². The third-order valence-electron chi connectivity index (χ3n) is 3.62. The Morgan fingerprint density at radius 1 is 1.37 bits per heavy atom. The summed E-state index contributed by atoms with van der Waals surface area (Å²) in [6, 6.07) is 7.37. The summed E-state index contributed by atoms with van der Waals surface area (Å²) in [5.41, 5.74) is 0.777. The van der Waals surface area contributed by atoms with Crippen LogP contribution in [-0.2, 0) is 9.59 Å². The fourth-order valence-corrected chi connectivity index (χ4v) is 2.26. The minimum Gasteiger partial charge on any atom is -0.388 e. The third-order valence-corrected chi connectivity index (χ3v) is 3.62. The van der Waals surface area contributed by atoms with Gasteiger partial charge in [0.2, 0.25) is 11.8 Å². The second kappa shape index (κ2) is 4.84. The Morgan fingerprint density at radius 3 is 2.68 bits per heavy atom. The van der Waals surface area contributed by atoms with Crippen LogP contribution in [-0.4, -0.2) is 24.6 Å². The van der Waals surface area contributed by atoms with Crippen LogP contribution in [0.15, 0.2) is 24.3 Å². The monoisotopic (exact) mass is 259 g/mol. The van der Waals surface area contributed by atoms with E-state index in [-0.39, 0.29) is 23.9 Å². The summed E-state index contributed by atoms with van der Waals surface area (Å²) in [6.45, 7) is 1.71. The van der Waals surface area contributed by atoms with Gasteiger partial charge in [-0.2, -0.15) is 0 Å². The van der Waals surface area contributed by atoms with Gasteiger partial charge in [0.05, 0.1) is 11.1 Å². The Kier molecular flexibility index (Phi) is 3.38. The Labute approximate surface area is 111 Å². The normalized spacial score (nSPS) is 22.8. The first-order valence-corrected chi connectivity index (χ1v) is 6.19. The molecule has 5 nitrogen and oxygen atoms in total. The lowest BCUT2D eigenvalue weighted by molar-refractivity contribution is -0.138. The lowest BCUT2D eigenvalue weighted by atomic mass is 9.74. The molecule has 19 heavy (non-hydrogen) atoms. The molecule has 1 aliphatic heterocycles. The van der Waals surface area contributed by atoms with E-state index in [4.69, 9.17) is 5.41 Å². The van der Waals surface area contributed by atoms with Gasteiger partial charge in [0.1, 0.15) is 0 Å². The van der Waals surface area contributed by atoms with Crippen molar-refractivity contribution in [2.45, 2.75) is 19.8 Å². The maximum atomic E-state index is 12.0. The molecule has 1 saturated heterocycles. The van der Waals surface area contributed by atoms with Crippen LogP contribution in [0.1, 0.15) is 25.3 Å². The Morgan fingerprint density at radius 2 is 2.05 bits per heavy atom. The van der Waals surface area contributed by atoms with Crippen LogP contribution in [0.25, 0.3) is 0 Å². The number of piperidine rings is 1. The molecule has 0 aromatic heterocycles. The molecule has 1 heterocycles. The molecular formula is C14H17N3O2. The first-order valence-electron chi connectivity index (χ1n) is 6.19. The lowest BCUT2D eigenvalue weighted by Crippen LogP contribution is -2.51. The number of para-hydroxylation sites is 1. The molecule has 1 aliphatic rings. The lowest BCUT2D eigenvalue weighted by Gasteiger charge is -2.32. The second-order valence-corrected chi connectivity index (χ2v) is 4.88. The molecule has 0 saturated carbocycles. The van der Waals surface area contributed by atoms with Crippen molar-refractivity contribution >= 4 is 23.2 Å². The van der Waals surface area contributed by atoms with Crippen LogP contribution in [0.2, 0.25) is 0 Å². The number of benzene rings is 1. The van der Waals surface area contributed by atoms with Crippen molar-refractivity contribution < 1.29 is 9.59 Å². The number of rotatable bonds is 3. The van der Waals surface area contributed by atoms with Gasteiger partial charge in [-0.15, -0.1) is 0 Å². The molecular weight excluding hydrogens is 242 g/mol. The van der Waals surface area contributed by atoms with Gasteiger partial charge in [-0.1, -0.05) is 18.2 Å². The van der Waals surface area contributed by atoms with Crippen molar-refractivity contribution in [1.29, 1.82) is 5.41 Å². The highest BCUT2D eigenvalue weighted by molar-refractivity contribution is 6.20. The van der Waals surface area contributed by atoms with Gasteiger partial charge in [-0.25, -0.2) is 0 Å². The number of hydrogen-bond donors (Lipinski definition) is 3. The first-order chi connectivity index (χ1) is 8.99. The van der Waals surface area contributed by atoms with Crippen LogP contribution in [0.3, 0.4) is 0 Å². The summed E-state index contributed by atoms with van der Waals surface area (Å²) in [6.07, 6.45) is 0.640. The maximum Gasteiger partial charge on any atom is 0.238 e. The van der Waals surface area contributed by atoms with Crippen molar-refractivity contribution in [3.63, 3.8) is 0 Å². The minimum atomic E-state index is -0.957. The van der Waals surface area contributed by atoms with E-state index in [9.17, 15) is 9.59 Å². The van der Waals surface area contributed by atoms with E-state index in [0.717, 1.165) is 5.69 Å². The van der Waals surface area contributed by atoms with Crippen molar-refractivity contribution in [1.82, 2.24) is 5.32 Å². The van der Waals surface area contributed by atoms with Crippen LogP contribution in [0, 0.1) is 10.8 Å². The SMILES string of the molecule is CNc1ccccc1C(=N)C1(C)CCC(=O)NC1=O. The van der Waals surface area contributed by atoms with Gasteiger partial charge in [-0.3, -0.25) is 14.9 Å². The molecule has 3 N–H and O–H groups in total. The van der Waals surface area contributed by atoms with Crippen LogP contribution >= 0.6 is 0 Å². The van der Waals surface area contributed by atoms with Gasteiger partial charge in [0, 0.05) is 24.7 Å². The largest absolute Gasteiger partial charge is 0.388 e. The zero-order valence-corrected chi connectivity index (χ0v) is 11.0. The summed E-state index contributed by atoms with van der Waals surface area (Å²) in [4.78, 5) is 23.3. The molecule has 1 aromatic carbocycles. The second-order valence-electron chi connectivity index (χ2n) is 4.88. The Bertz CT molecular complexity index is 553. The Hall–Kier alpha value is -2.17. The molecule has 1 fully saturated rings. The van der Waals surface area contributed by atoms with Gasteiger partial charge in [-0.05, 0) is 19.4 Å². The molecule has 1 atom stereocenters. The zero-order valence-electron chi connectivity index (χ0n) is 11.0. The van der Waals surface area contributed by atoms with E-state index >= 15 is 0 Å². The van der Waals surface area contributed by atoms with E-state index in [1.54, 1.807) is 14.0 Å². The van der Waals surface area contributed by atoms with Crippen LogP contribution in [0.5, 0.6) is 0 Å². The highest BCUT2D eigenvalue weighted by Crippen LogP contribution is 2.33. The van der Waals surface area contributed by atoms with Gasteiger partial charge in [0.15, 0.2) is 0 Å². The van der Waals surface area contributed by atoms with Gasteiger partial charge < -0.3 is 10.7 Å². The van der Waals surface area contributed by atoms with E-state index < -0.39 is 5.41 Å². The predicted molar refractivity (Wildman–Crippen MR) is 73.3 cm³/mol. The molecule has 1 aromatic rings. The van der Waals surface area contributed by atoms with Crippen LogP contribution in [0.4, 0.5) is 5.69 Å². The summed E-state index contributed by atoms with van der Waals surface area (Å²) >= 11 is 0. The van der Waals surface area contributed by atoms with Crippen molar-refractivity contribution in [3.05, 3.63) is 29.8 Å². The van der Waals surface area contributed by atoms with Crippen molar-refractivity contribution in [3.8, 4) is 0 Å². The molecule has 2 amide bonds. The topological polar surface area (TPSA) is 82.1 Å². The molecule has 2 rings (SSSR count). The number of anilines is 1. The van der Waals surface area contributed by atoms with Crippen LogP contribution < -0.4 is 10.6 Å². The highest BCUT2D eigenvalue weighted by Gasteiger charge is 2.43. The fraction of sp³-hybridized carbons (Fsp3) is 0.357. The molecule has 1 unspecified atom stereocenters. The third kappa shape index (κ3) is 2.23. The molecule has 0 bridgehead atoms. The van der Waals surface area contributed by atoms with Gasteiger partial charge in [0.25, 0.3) is 0 Å². The average molecular weight is 259 g/mol. The molecule has 0 radical (unpaired) electrons. The van der Waals surface area contributed by atoms with E-state index in [0.29, 0.717) is 12.0 Å². The highest BCUT2D eigenvalue weighted by atomic mass is 16.2. The summed E-state index contributed by atoms with van der Waals surface area (Å²) in [5.74, 6) is -0.656. The number of imide groups is 1. The molecule has 5 heteroatoms.